The van der Waals surface area contributed by atoms with Crippen molar-refractivity contribution < 1.29 is 18.1 Å². The molecule has 0 aliphatic carbocycles. The largest absolute Gasteiger partial charge is 0.383 e. The van der Waals surface area contributed by atoms with Crippen LogP contribution in [0.2, 0.25) is 0 Å². The molecule has 1 unspecified atom stereocenters. The predicted molar refractivity (Wildman–Crippen MR) is 38.1 cm³/mol. The predicted octanol–water partition coefficient (Wildman–Crippen LogP) is -0.241. The Morgan fingerprint density at radius 1 is 1.56 bits per heavy atom. The van der Waals surface area contributed by atoms with Gasteiger partial charge < -0.3 is 5.11 Å². The van der Waals surface area contributed by atoms with E-state index in [2.05, 4.69) is 12.6 Å². The molecular formula is C3H10O4S2. The normalized spacial score (nSPS) is 13.4. The molecule has 0 aromatic heterocycles. The first-order valence-electron chi connectivity index (χ1n) is 2.02. The second kappa shape index (κ2) is 5.04. The second-order valence-corrected chi connectivity index (χ2v) is 3.58. The molecule has 1 atom stereocenters. The number of rotatable bonds is 0. The fourth-order valence-electron chi connectivity index (χ4n) is 0. The van der Waals surface area contributed by atoms with Crippen molar-refractivity contribution in [1.82, 2.24) is 0 Å². The van der Waals surface area contributed by atoms with Gasteiger partial charge in [0.25, 0.3) is 10.1 Å². The van der Waals surface area contributed by atoms with Gasteiger partial charge in [-0.15, -0.1) is 12.6 Å². The first-order chi connectivity index (χ1) is 3.73. The molecule has 2 N–H and O–H groups in total. The van der Waals surface area contributed by atoms with Gasteiger partial charge >= 0.3 is 0 Å². The van der Waals surface area contributed by atoms with Crippen LogP contribution in [0.3, 0.4) is 0 Å². The maximum absolute atomic E-state index is 9.19. The molecule has 6 heteroatoms. The van der Waals surface area contributed by atoms with E-state index in [1.807, 2.05) is 0 Å². The van der Waals surface area contributed by atoms with Crippen molar-refractivity contribution in [2.45, 2.75) is 12.4 Å². The van der Waals surface area contributed by atoms with Crippen LogP contribution in [0.1, 0.15) is 6.92 Å². The lowest BCUT2D eigenvalue weighted by Crippen LogP contribution is -1.88. The molecular weight excluding hydrogens is 164 g/mol. The number of hydrogen-bond acceptors (Lipinski definition) is 4. The molecule has 0 saturated heterocycles. The minimum Gasteiger partial charge on any atom is -0.383 e. The lowest BCUT2D eigenvalue weighted by Gasteiger charge is -1.79. The minimum absolute atomic E-state index is 0.472. The van der Waals surface area contributed by atoms with E-state index in [0.29, 0.717) is 6.26 Å². The van der Waals surface area contributed by atoms with Crippen LogP contribution in [-0.2, 0) is 10.1 Å². The van der Waals surface area contributed by atoms with Crippen molar-refractivity contribution in [3.8, 4) is 0 Å². The number of thiol groups is 1. The number of aliphatic hydroxyl groups excluding tert-OH is 1. The van der Waals surface area contributed by atoms with Crippen molar-refractivity contribution in [1.29, 1.82) is 0 Å². The van der Waals surface area contributed by atoms with E-state index >= 15 is 0 Å². The van der Waals surface area contributed by atoms with E-state index in [9.17, 15) is 8.42 Å². The van der Waals surface area contributed by atoms with Gasteiger partial charge in [-0.25, -0.2) is 0 Å². The summed E-state index contributed by atoms with van der Waals surface area (Å²) < 4.78 is 25.9. The van der Waals surface area contributed by atoms with Crippen LogP contribution in [0.4, 0.5) is 0 Å². The zero-order valence-electron chi connectivity index (χ0n) is 5.14. The lowest BCUT2D eigenvalue weighted by molar-refractivity contribution is 0.286. The molecule has 0 radical (unpaired) electrons. The molecule has 0 amide bonds. The van der Waals surface area contributed by atoms with Crippen molar-refractivity contribution in [2.24, 2.45) is 0 Å². The highest BCUT2D eigenvalue weighted by atomic mass is 32.2. The summed E-state index contributed by atoms with van der Waals surface area (Å²) in [6.45, 7) is 1.59. The van der Waals surface area contributed by atoms with Gasteiger partial charge in [0.2, 0.25) is 0 Å². The summed E-state index contributed by atoms with van der Waals surface area (Å²) in [5.74, 6) is 0. The van der Waals surface area contributed by atoms with Gasteiger partial charge in [-0.3, -0.25) is 4.55 Å². The van der Waals surface area contributed by atoms with Gasteiger partial charge in [0.1, 0.15) is 0 Å². The van der Waals surface area contributed by atoms with Gasteiger partial charge in [0, 0.05) is 0 Å². The third kappa shape index (κ3) is 6570. The smallest absolute Gasteiger partial charge is 0.261 e. The molecule has 0 aliphatic heterocycles. The van der Waals surface area contributed by atoms with E-state index in [1.165, 1.54) is 0 Å². The molecule has 0 bridgehead atoms. The third-order valence-corrected chi connectivity index (χ3v) is 0. The first kappa shape index (κ1) is 12.0. The molecule has 58 valence electrons. The first-order valence-corrected chi connectivity index (χ1v) is 4.38. The average Bonchev–Trinajstić information content (AvgIpc) is 1.19. The maximum atomic E-state index is 9.19. The van der Waals surface area contributed by atoms with Gasteiger partial charge in [-0.2, -0.15) is 8.42 Å². The summed E-state index contributed by atoms with van der Waals surface area (Å²) in [7, 11) is -3.67. The molecule has 0 aromatic carbocycles. The minimum atomic E-state index is -3.67. The van der Waals surface area contributed by atoms with Crippen LogP contribution in [0, 0.1) is 0 Å². The van der Waals surface area contributed by atoms with Gasteiger partial charge in [0.05, 0.1) is 11.7 Å². The molecule has 0 spiro atoms. The molecule has 0 fully saturated rings. The molecule has 9 heavy (non-hydrogen) atoms. The molecule has 0 aromatic rings. The lowest BCUT2D eigenvalue weighted by atomic mass is 10.9. The Balaban J connectivity index is 0. The quantitative estimate of drug-likeness (QED) is 0.269. The Kier molecular flexibility index (Phi) is 6.69. The molecule has 0 heterocycles. The molecule has 0 aliphatic rings. The fourth-order valence-corrected chi connectivity index (χ4v) is 0. The maximum Gasteiger partial charge on any atom is 0.261 e. The topological polar surface area (TPSA) is 74.6 Å². The van der Waals surface area contributed by atoms with Gasteiger partial charge in [-0.05, 0) is 6.92 Å². The van der Waals surface area contributed by atoms with E-state index in [0.717, 1.165) is 0 Å². The highest BCUT2D eigenvalue weighted by molar-refractivity contribution is 7.85. The highest BCUT2D eigenvalue weighted by Crippen LogP contribution is 1.78. The van der Waals surface area contributed by atoms with Crippen LogP contribution >= 0.6 is 12.6 Å². The van der Waals surface area contributed by atoms with E-state index < -0.39 is 15.6 Å². The monoisotopic (exact) mass is 174 g/mol. The number of aliphatic hydroxyl groups is 1. The summed E-state index contributed by atoms with van der Waals surface area (Å²) in [4.78, 5) is 0. The Labute approximate surface area is 60.1 Å². The van der Waals surface area contributed by atoms with Crippen LogP contribution in [-0.4, -0.2) is 29.8 Å². The Morgan fingerprint density at radius 2 is 1.56 bits per heavy atom. The summed E-state index contributed by atoms with van der Waals surface area (Å²) in [6, 6.07) is 0. The number of hydrogen-bond donors (Lipinski definition) is 3. The summed E-state index contributed by atoms with van der Waals surface area (Å²) in [6.07, 6.45) is 0.715. The highest BCUT2D eigenvalue weighted by Gasteiger charge is 1.81. The Bertz CT molecular complexity index is 125. The third-order valence-electron chi connectivity index (χ3n) is 0. The SMILES string of the molecule is CC(O)S.CS(=O)(=O)O. The van der Waals surface area contributed by atoms with Crippen LogP contribution < -0.4 is 0 Å². The average molecular weight is 174 g/mol. The molecule has 0 saturated carbocycles. The van der Waals surface area contributed by atoms with Crippen LogP contribution in [0.5, 0.6) is 0 Å². The fraction of sp³-hybridized carbons (Fsp3) is 1.00. The summed E-state index contributed by atoms with van der Waals surface area (Å²) in [5, 5.41) is 7.92. The molecule has 4 nitrogen and oxygen atoms in total. The Morgan fingerprint density at radius 3 is 1.56 bits per heavy atom. The van der Waals surface area contributed by atoms with Crippen molar-refractivity contribution >= 4 is 22.7 Å². The van der Waals surface area contributed by atoms with Crippen LogP contribution in [0.15, 0.2) is 0 Å². The summed E-state index contributed by atoms with van der Waals surface area (Å²) in [5.41, 5.74) is -0.472. The van der Waals surface area contributed by atoms with E-state index in [4.69, 9.17) is 9.66 Å². The standard InChI is InChI=1S/C2H6OS.CH4O3S/c1-2(3)4;1-5(2,3)4/h2-4H,1H3;1H3,(H,2,3,4). The molecule has 0 rings (SSSR count). The Hall–Kier alpha value is 0.220. The second-order valence-electron chi connectivity index (χ2n) is 1.36. The van der Waals surface area contributed by atoms with Gasteiger partial charge in [0.15, 0.2) is 0 Å². The van der Waals surface area contributed by atoms with Crippen LogP contribution in [0.25, 0.3) is 0 Å². The van der Waals surface area contributed by atoms with Crippen molar-refractivity contribution in [2.75, 3.05) is 6.26 Å². The summed E-state index contributed by atoms with van der Waals surface area (Å²) >= 11 is 3.52. The van der Waals surface area contributed by atoms with Crippen molar-refractivity contribution in [3.05, 3.63) is 0 Å². The van der Waals surface area contributed by atoms with Gasteiger partial charge in [-0.1, -0.05) is 0 Å². The van der Waals surface area contributed by atoms with Crippen molar-refractivity contribution in [3.63, 3.8) is 0 Å². The van der Waals surface area contributed by atoms with E-state index in [-0.39, 0.29) is 0 Å². The van der Waals surface area contributed by atoms with E-state index in [1.54, 1.807) is 6.92 Å². The zero-order chi connectivity index (χ0) is 8.08. The zero-order valence-corrected chi connectivity index (χ0v) is 6.85.